The van der Waals surface area contributed by atoms with Crippen LogP contribution < -0.4 is 14.8 Å². The molecule has 0 saturated carbocycles. The summed E-state index contributed by atoms with van der Waals surface area (Å²) in [6.07, 6.45) is 0.811. The fourth-order valence-corrected chi connectivity index (χ4v) is 2.31. The number of likely N-dealkylation sites (N-methyl/N-ethyl adjacent to an activating group) is 1. The highest BCUT2D eigenvalue weighted by Gasteiger charge is 2.13. The number of nitrogens with zero attached hydrogens (tertiary/aromatic N) is 1. The number of carbonyl (C=O) groups excluding carboxylic acids is 2. The van der Waals surface area contributed by atoms with Gasteiger partial charge in [0, 0.05) is 19.2 Å². The van der Waals surface area contributed by atoms with E-state index in [9.17, 15) is 14.0 Å². The molecule has 2 aromatic carbocycles. The number of ether oxygens (including phenoxy) is 2. The van der Waals surface area contributed by atoms with Gasteiger partial charge in [-0.3, -0.25) is 9.59 Å². The van der Waals surface area contributed by atoms with Gasteiger partial charge in [-0.25, -0.2) is 4.39 Å². The lowest BCUT2D eigenvalue weighted by atomic mass is 10.2. The molecule has 0 aromatic heterocycles. The lowest BCUT2D eigenvalue weighted by Gasteiger charge is -2.17. The highest BCUT2D eigenvalue weighted by atomic mass is 19.1. The normalized spacial score (nSPS) is 10.2. The SMILES string of the molecule is COc1ccc(OCCCC(=O)N(C)CC(=O)Nc2ccc(F)cc2)cc1. The molecule has 0 aliphatic rings. The van der Waals surface area contributed by atoms with E-state index in [1.165, 1.54) is 29.2 Å². The summed E-state index contributed by atoms with van der Waals surface area (Å²) in [4.78, 5) is 25.4. The van der Waals surface area contributed by atoms with Crippen LogP contribution in [0.2, 0.25) is 0 Å². The Hall–Kier alpha value is -3.09. The third kappa shape index (κ3) is 6.97. The van der Waals surface area contributed by atoms with Crippen molar-refractivity contribution in [2.75, 3.05) is 32.6 Å². The van der Waals surface area contributed by atoms with E-state index in [2.05, 4.69) is 5.32 Å². The van der Waals surface area contributed by atoms with Crippen molar-refractivity contribution in [1.29, 1.82) is 0 Å². The first-order valence-corrected chi connectivity index (χ1v) is 8.54. The van der Waals surface area contributed by atoms with Crippen LogP contribution in [0.1, 0.15) is 12.8 Å². The summed E-state index contributed by atoms with van der Waals surface area (Å²) in [6, 6.07) is 12.6. The Morgan fingerprint density at radius 2 is 1.67 bits per heavy atom. The molecule has 2 amide bonds. The van der Waals surface area contributed by atoms with Gasteiger partial charge < -0.3 is 19.7 Å². The van der Waals surface area contributed by atoms with E-state index in [0.29, 0.717) is 24.5 Å². The zero-order valence-corrected chi connectivity index (χ0v) is 15.4. The monoisotopic (exact) mass is 374 g/mol. The molecular formula is C20H23FN2O4. The number of nitrogens with one attached hydrogen (secondary N) is 1. The van der Waals surface area contributed by atoms with E-state index >= 15 is 0 Å². The quantitative estimate of drug-likeness (QED) is 0.685. The van der Waals surface area contributed by atoms with E-state index in [0.717, 1.165) is 5.75 Å². The number of hydrogen-bond donors (Lipinski definition) is 1. The molecule has 0 aliphatic carbocycles. The minimum Gasteiger partial charge on any atom is -0.497 e. The van der Waals surface area contributed by atoms with Crippen LogP contribution in [0.5, 0.6) is 11.5 Å². The summed E-state index contributed by atoms with van der Waals surface area (Å²) in [5.41, 5.74) is 0.482. The third-order valence-electron chi connectivity index (χ3n) is 3.80. The molecule has 0 aliphatic heterocycles. The van der Waals surface area contributed by atoms with Crippen molar-refractivity contribution in [3.63, 3.8) is 0 Å². The van der Waals surface area contributed by atoms with E-state index in [1.54, 1.807) is 38.4 Å². The Balaban J connectivity index is 1.66. The van der Waals surface area contributed by atoms with Crippen LogP contribution in [0.3, 0.4) is 0 Å². The van der Waals surface area contributed by atoms with E-state index < -0.39 is 0 Å². The largest absolute Gasteiger partial charge is 0.497 e. The molecule has 0 atom stereocenters. The fraction of sp³-hybridized carbons (Fsp3) is 0.300. The minimum atomic E-state index is -0.378. The van der Waals surface area contributed by atoms with Gasteiger partial charge in [0.25, 0.3) is 0 Å². The van der Waals surface area contributed by atoms with Gasteiger partial charge in [0.2, 0.25) is 11.8 Å². The number of benzene rings is 2. The Morgan fingerprint density at radius 3 is 2.30 bits per heavy atom. The van der Waals surface area contributed by atoms with Crippen molar-refractivity contribution in [2.24, 2.45) is 0 Å². The maximum Gasteiger partial charge on any atom is 0.243 e. The fourth-order valence-electron chi connectivity index (χ4n) is 2.31. The number of anilines is 1. The van der Waals surface area contributed by atoms with Gasteiger partial charge in [-0.1, -0.05) is 0 Å². The van der Waals surface area contributed by atoms with Gasteiger partial charge in [-0.2, -0.15) is 0 Å². The van der Waals surface area contributed by atoms with Gasteiger partial charge in [0.1, 0.15) is 17.3 Å². The number of carbonyl (C=O) groups is 2. The summed E-state index contributed by atoms with van der Waals surface area (Å²) in [6.45, 7) is 0.323. The summed E-state index contributed by atoms with van der Waals surface area (Å²) in [5, 5.41) is 2.62. The summed E-state index contributed by atoms with van der Waals surface area (Å²) in [5.74, 6) is 0.583. The Bertz CT molecular complexity index is 748. The van der Waals surface area contributed by atoms with Gasteiger partial charge in [-0.15, -0.1) is 0 Å². The molecule has 0 fully saturated rings. The molecule has 2 rings (SSSR count). The molecule has 2 aromatic rings. The maximum absolute atomic E-state index is 12.8. The number of amides is 2. The first-order chi connectivity index (χ1) is 13.0. The van der Waals surface area contributed by atoms with Crippen LogP contribution >= 0.6 is 0 Å². The Morgan fingerprint density at radius 1 is 1.04 bits per heavy atom. The van der Waals surface area contributed by atoms with Gasteiger partial charge in [0.15, 0.2) is 0 Å². The van der Waals surface area contributed by atoms with Gasteiger partial charge in [-0.05, 0) is 55.0 Å². The first kappa shape index (κ1) is 20.2. The predicted molar refractivity (Wildman–Crippen MR) is 100 cm³/mol. The van der Waals surface area contributed by atoms with Crippen LogP contribution in [0.4, 0.5) is 10.1 Å². The standard InChI is InChI=1S/C20H23FN2O4/c1-23(14-19(24)22-16-7-5-15(21)6-8-16)20(25)4-3-13-27-18-11-9-17(26-2)10-12-18/h5-12H,3-4,13-14H2,1-2H3,(H,22,24). The average Bonchev–Trinajstić information content (AvgIpc) is 2.67. The van der Waals surface area contributed by atoms with Crippen molar-refractivity contribution < 1.29 is 23.5 Å². The minimum absolute atomic E-state index is 0.0739. The van der Waals surface area contributed by atoms with Crippen molar-refractivity contribution in [2.45, 2.75) is 12.8 Å². The van der Waals surface area contributed by atoms with Crippen LogP contribution in [-0.2, 0) is 9.59 Å². The average molecular weight is 374 g/mol. The molecule has 144 valence electrons. The van der Waals surface area contributed by atoms with Gasteiger partial charge >= 0.3 is 0 Å². The molecule has 27 heavy (non-hydrogen) atoms. The highest BCUT2D eigenvalue weighted by molar-refractivity contribution is 5.94. The predicted octanol–water partition coefficient (Wildman–Crippen LogP) is 3.09. The summed E-state index contributed by atoms with van der Waals surface area (Å²) < 4.78 is 23.5. The van der Waals surface area contributed by atoms with Gasteiger partial charge in [0.05, 0.1) is 20.3 Å². The molecule has 0 saturated heterocycles. The molecule has 0 radical (unpaired) electrons. The second kappa shape index (κ2) is 10.2. The number of rotatable bonds is 9. The highest BCUT2D eigenvalue weighted by Crippen LogP contribution is 2.17. The molecule has 0 spiro atoms. The molecule has 0 heterocycles. The lowest BCUT2D eigenvalue weighted by molar-refractivity contribution is -0.133. The molecule has 7 heteroatoms. The zero-order valence-electron chi connectivity index (χ0n) is 15.4. The van der Waals surface area contributed by atoms with E-state index in [4.69, 9.17) is 9.47 Å². The number of hydrogen-bond acceptors (Lipinski definition) is 4. The van der Waals surface area contributed by atoms with Crippen molar-refractivity contribution in [3.05, 3.63) is 54.3 Å². The van der Waals surface area contributed by atoms with Crippen LogP contribution in [0, 0.1) is 5.82 Å². The van der Waals surface area contributed by atoms with Crippen molar-refractivity contribution in [3.8, 4) is 11.5 Å². The lowest BCUT2D eigenvalue weighted by Crippen LogP contribution is -2.34. The van der Waals surface area contributed by atoms with Crippen LogP contribution in [-0.4, -0.2) is 44.0 Å². The number of halogens is 1. The first-order valence-electron chi connectivity index (χ1n) is 8.54. The second-order valence-corrected chi connectivity index (χ2v) is 5.93. The smallest absolute Gasteiger partial charge is 0.243 e. The summed E-state index contributed by atoms with van der Waals surface area (Å²) >= 11 is 0. The van der Waals surface area contributed by atoms with E-state index in [-0.39, 0.29) is 30.6 Å². The maximum atomic E-state index is 12.8. The van der Waals surface area contributed by atoms with Crippen molar-refractivity contribution >= 4 is 17.5 Å². The number of methoxy groups -OCH3 is 1. The third-order valence-corrected chi connectivity index (χ3v) is 3.80. The zero-order chi connectivity index (χ0) is 19.6. The molecule has 0 bridgehead atoms. The topological polar surface area (TPSA) is 67.9 Å². The van der Waals surface area contributed by atoms with Crippen LogP contribution in [0.25, 0.3) is 0 Å². The summed E-state index contributed by atoms with van der Waals surface area (Å²) in [7, 11) is 3.16. The second-order valence-electron chi connectivity index (χ2n) is 5.93. The molecule has 1 N–H and O–H groups in total. The molecule has 6 nitrogen and oxygen atoms in total. The van der Waals surface area contributed by atoms with Crippen molar-refractivity contribution in [1.82, 2.24) is 4.90 Å². The Kier molecular flexibility index (Phi) is 7.61. The van der Waals surface area contributed by atoms with E-state index in [1.807, 2.05) is 0 Å². The molecular weight excluding hydrogens is 351 g/mol. The van der Waals surface area contributed by atoms with Crippen LogP contribution in [0.15, 0.2) is 48.5 Å². The Labute approximate surface area is 157 Å². The molecule has 0 unspecified atom stereocenters.